The third-order valence-corrected chi connectivity index (χ3v) is 0.667. The second-order valence-electron chi connectivity index (χ2n) is 0.866. The predicted octanol–water partition coefficient (Wildman–Crippen LogP) is -2.68. The van der Waals surface area contributed by atoms with Gasteiger partial charge in [0, 0.05) is 0 Å². The molecule has 0 aliphatic heterocycles. The first-order chi connectivity index (χ1) is 3.68. The molecule has 0 aliphatic rings. The van der Waals surface area contributed by atoms with E-state index in [9.17, 15) is 18.9 Å². The molecule has 0 saturated heterocycles. The second-order valence-corrected chi connectivity index (χ2v) is 1.29. The predicted molar refractivity (Wildman–Crippen MR) is 24.2 cm³/mol. The fourth-order valence-corrected chi connectivity index (χ4v) is 0.275. The van der Waals surface area contributed by atoms with E-state index in [1.54, 1.807) is 0 Å². The Labute approximate surface area is 48.2 Å². The molecule has 0 N–H and O–H groups in total. The molecule has 0 unspecified atom stereocenters. The van der Waals surface area contributed by atoms with E-state index in [-0.39, 0.29) is 11.3 Å². The van der Waals surface area contributed by atoms with E-state index in [0.717, 1.165) is 0 Å². The zero-order valence-corrected chi connectivity index (χ0v) is 4.44. The van der Waals surface area contributed by atoms with Crippen LogP contribution in [0.25, 0.3) is 0 Å². The van der Waals surface area contributed by atoms with Gasteiger partial charge in [0.1, 0.15) is 5.97 Å². The first-order valence-electron chi connectivity index (χ1n) is 1.55. The summed E-state index contributed by atoms with van der Waals surface area (Å²) in [4.78, 5) is 19.2. The Balaban J connectivity index is 4.05. The molecule has 5 heteroatoms. The van der Waals surface area contributed by atoms with Crippen molar-refractivity contribution in [2.75, 3.05) is 0 Å². The second kappa shape index (κ2) is 3.09. The highest BCUT2D eigenvalue weighted by Crippen LogP contribution is 1.55. The normalized spacial score (nSPS) is 7.50. The summed E-state index contributed by atoms with van der Waals surface area (Å²) in [5, 5.41) is 9.87. The number of hydrogen-bond donors (Lipinski definition) is 0. The highest BCUT2D eigenvalue weighted by Gasteiger charge is 1.93. The van der Waals surface area contributed by atoms with Gasteiger partial charge in [0.15, 0.2) is 0 Å². The van der Waals surface area contributed by atoms with Gasteiger partial charge in [-0.25, -0.2) is 4.21 Å². The zero-order valence-electron chi connectivity index (χ0n) is 3.62. The molecule has 44 valence electrons. The number of ketones is 1. The topological polar surface area (TPSA) is 74.3 Å². The SMILES string of the molecule is O=S=CC(=O)C(=O)[O-]. The minimum Gasteiger partial charge on any atom is -0.541 e. The van der Waals surface area contributed by atoms with Gasteiger partial charge in [0.25, 0.3) is 0 Å². The molecule has 0 aromatic heterocycles. The summed E-state index contributed by atoms with van der Waals surface area (Å²) in [6.07, 6.45) is 0. The van der Waals surface area contributed by atoms with E-state index in [4.69, 9.17) is 0 Å². The van der Waals surface area contributed by atoms with E-state index in [1.807, 2.05) is 0 Å². The van der Waals surface area contributed by atoms with Crippen molar-refractivity contribution in [3.05, 3.63) is 0 Å². The first-order valence-corrected chi connectivity index (χ1v) is 2.36. The molecule has 0 radical (unpaired) electrons. The lowest BCUT2D eigenvalue weighted by Crippen LogP contribution is -2.32. The van der Waals surface area contributed by atoms with E-state index >= 15 is 0 Å². The monoisotopic (exact) mass is 133 g/mol. The van der Waals surface area contributed by atoms with Crippen LogP contribution in [-0.2, 0) is 20.8 Å². The molecule has 0 spiro atoms. The fourth-order valence-electron chi connectivity index (χ4n) is 0.0918. The zero-order chi connectivity index (χ0) is 6.57. The number of carbonyl (C=O) groups is 2. The summed E-state index contributed by atoms with van der Waals surface area (Å²) in [5.41, 5.74) is 0. The van der Waals surface area contributed by atoms with Crippen LogP contribution >= 0.6 is 0 Å². The van der Waals surface area contributed by atoms with Crippen molar-refractivity contribution in [3.63, 3.8) is 0 Å². The summed E-state index contributed by atoms with van der Waals surface area (Å²) in [5.74, 6) is -3.14. The summed E-state index contributed by atoms with van der Waals surface area (Å²) in [7, 11) is 0. The smallest absolute Gasteiger partial charge is 0.214 e. The number of aliphatic carboxylic acids is 1. The highest BCUT2D eigenvalue weighted by molar-refractivity contribution is 7.67. The number of carboxylic acids is 1. The van der Waals surface area contributed by atoms with Gasteiger partial charge in [-0.15, -0.1) is 0 Å². The minimum atomic E-state index is -1.85. The molecule has 0 atom stereocenters. The molecule has 8 heavy (non-hydrogen) atoms. The van der Waals surface area contributed by atoms with Crippen molar-refractivity contribution in [1.29, 1.82) is 0 Å². The van der Waals surface area contributed by atoms with Crippen LogP contribution in [0.5, 0.6) is 0 Å². The maximum Gasteiger partial charge on any atom is 0.214 e. The summed E-state index contributed by atoms with van der Waals surface area (Å²) in [6.45, 7) is 0. The molecule has 0 saturated carbocycles. The lowest BCUT2D eigenvalue weighted by molar-refractivity contribution is -0.298. The number of carbonyl (C=O) groups excluding carboxylic acids is 2. The standard InChI is InChI=1S/C3H2O4S/c4-2(1-8-7)3(5)6/h1H,(H,5,6)/p-1. The molecule has 0 bridgehead atoms. The average molecular weight is 133 g/mol. The number of Topliss-reactive ketones (excluding diaryl/α,β-unsaturated/α-hetero) is 1. The van der Waals surface area contributed by atoms with E-state index in [2.05, 4.69) is 0 Å². The van der Waals surface area contributed by atoms with Crippen LogP contribution in [0, 0.1) is 0 Å². The molecule has 0 fully saturated rings. The van der Waals surface area contributed by atoms with Gasteiger partial charge in [0.05, 0.1) is 16.6 Å². The maximum absolute atomic E-state index is 9.80. The van der Waals surface area contributed by atoms with Crippen LogP contribution in [0.4, 0.5) is 0 Å². The largest absolute Gasteiger partial charge is 0.541 e. The van der Waals surface area contributed by atoms with Crippen molar-refractivity contribution in [2.24, 2.45) is 0 Å². The molecular weight excluding hydrogens is 132 g/mol. The van der Waals surface area contributed by atoms with Crippen LogP contribution in [0.15, 0.2) is 0 Å². The molecule has 0 aromatic carbocycles. The van der Waals surface area contributed by atoms with Gasteiger partial charge < -0.3 is 9.90 Å². The molecular formula is C3HO4S-. The van der Waals surface area contributed by atoms with Crippen molar-refractivity contribution in [3.8, 4) is 0 Å². The van der Waals surface area contributed by atoms with Crippen LogP contribution < -0.4 is 5.11 Å². The van der Waals surface area contributed by atoms with Crippen LogP contribution in [0.2, 0.25) is 0 Å². The summed E-state index contributed by atoms with van der Waals surface area (Å²) >= 11 is -0.207. The number of hydrogen-bond acceptors (Lipinski definition) is 4. The molecule has 0 rings (SSSR count). The van der Waals surface area contributed by atoms with E-state index in [1.165, 1.54) is 0 Å². The van der Waals surface area contributed by atoms with Gasteiger partial charge in [-0.3, -0.25) is 4.79 Å². The molecule has 0 amide bonds. The van der Waals surface area contributed by atoms with Crippen molar-refractivity contribution in [1.82, 2.24) is 0 Å². The lowest BCUT2D eigenvalue weighted by atomic mass is 10.5. The first kappa shape index (κ1) is 7.03. The Morgan fingerprint density at radius 3 is 2.12 bits per heavy atom. The Bertz CT molecular complexity index is 162. The molecule has 4 nitrogen and oxygen atoms in total. The molecule has 0 aromatic rings. The van der Waals surface area contributed by atoms with E-state index in [0.29, 0.717) is 5.37 Å². The summed E-state index contributed by atoms with van der Waals surface area (Å²) < 4.78 is 9.39. The minimum absolute atomic E-state index is 0.207. The number of carboxylic acid groups (broad SMARTS) is 1. The Hall–Kier alpha value is -0.970. The summed E-state index contributed by atoms with van der Waals surface area (Å²) in [6, 6.07) is 0. The Morgan fingerprint density at radius 2 is 2.00 bits per heavy atom. The Kier molecular flexibility index (Phi) is 2.71. The van der Waals surface area contributed by atoms with Crippen LogP contribution in [0.3, 0.4) is 0 Å². The van der Waals surface area contributed by atoms with Crippen LogP contribution in [-0.4, -0.2) is 21.3 Å². The highest BCUT2D eigenvalue weighted by atomic mass is 32.1. The average Bonchev–Trinajstić information content (AvgIpc) is 1.67. The lowest BCUT2D eigenvalue weighted by Gasteiger charge is -1.87. The van der Waals surface area contributed by atoms with Gasteiger partial charge in [-0.1, -0.05) is 0 Å². The Morgan fingerprint density at radius 1 is 1.50 bits per heavy atom. The quantitative estimate of drug-likeness (QED) is 0.304. The van der Waals surface area contributed by atoms with Gasteiger partial charge in [-0.05, 0) is 0 Å². The van der Waals surface area contributed by atoms with Crippen molar-refractivity contribution in [2.45, 2.75) is 0 Å². The molecule has 0 aliphatic carbocycles. The van der Waals surface area contributed by atoms with Gasteiger partial charge >= 0.3 is 0 Å². The van der Waals surface area contributed by atoms with Gasteiger partial charge in [0.2, 0.25) is 5.78 Å². The number of rotatable bonds is 2. The van der Waals surface area contributed by atoms with Crippen molar-refractivity contribution < 1.29 is 18.9 Å². The fraction of sp³-hybridized carbons (Fsp3) is 0. The van der Waals surface area contributed by atoms with E-state index < -0.39 is 11.8 Å². The third-order valence-electron chi connectivity index (χ3n) is 0.356. The van der Waals surface area contributed by atoms with Crippen molar-refractivity contribution >= 4 is 28.4 Å². The van der Waals surface area contributed by atoms with Crippen LogP contribution in [0.1, 0.15) is 0 Å². The maximum atomic E-state index is 9.80. The molecule has 0 heterocycles. The third kappa shape index (κ3) is 2.25. The van der Waals surface area contributed by atoms with Gasteiger partial charge in [-0.2, -0.15) is 0 Å².